The second kappa shape index (κ2) is 12.1. The fourth-order valence-electron chi connectivity index (χ4n) is 5.12. The predicted molar refractivity (Wildman–Crippen MR) is 147 cm³/mol. The lowest BCUT2D eigenvalue weighted by molar-refractivity contribution is -0.125. The van der Waals surface area contributed by atoms with E-state index in [9.17, 15) is 9.59 Å². The van der Waals surface area contributed by atoms with E-state index < -0.39 is 0 Å². The van der Waals surface area contributed by atoms with Crippen LogP contribution in [0.2, 0.25) is 5.02 Å². The van der Waals surface area contributed by atoms with Gasteiger partial charge in [-0.3, -0.25) is 9.59 Å². The average molecular weight is 528 g/mol. The Morgan fingerprint density at radius 1 is 1.11 bits per heavy atom. The van der Waals surface area contributed by atoms with E-state index in [4.69, 9.17) is 11.6 Å². The molecular weight excluding hydrogens is 490 g/mol. The number of nitrogens with zero attached hydrogens (tertiary/aromatic N) is 4. The number of halogens is 1. The molecule has 1 aromatic heterocycles. The second-order valence-corrected chi connectivity index (χ2v) is 10.9. The number of anilines is 3. The van der Waals surface area contributed by atoms with Crippen molar-refractivity contribution in [2.45, 2.75) is 64.1 Å². The Labute approximate surface area is 224 Å². The molecule has 0 bridgehead atoms. The zero-order chi connectivity index (χ0) is 26.5. The smallest absolute Gasteiger partial charge is 0.253 e. The van der Waals surface area contributed by atoms with Crippen molar-refractivity contribution in [3.63, 3.8) is 0 Å². The third-order valence-electron chi connectivity index (χ3n) is 7.29. The molecule has 1 saturated carbocycles. The van der Waals surface area contributed by atoms with Crippen LogP contribution < -0.4 is 16.0 Å². The Morgan fingerprint density at radius 2 is 1.81 bits per heavy atom. The maximum Gasteiger partial charge on any atom is 0.253 e. The number of benzene rings is 1. The fourth-order valence-corrected chi connectivity index (χ4v) is 5.26. The number of amides is 2. The lowest BCUT2D eigenvalue weighted by atomic mass is 10.0. The highest BCUT2D eigenvalue weighted by atomic mass is 35.5. The van der Waals surface area contributed by atoms with Crippen LogP contribution in [0.1, 0.15) is 56.3 Å². The van der Waals surface area contributed by atoms with Crippen molar-refractivity contribution in [3.05, 3.63) is 41.0 Å². The lowest BCUT2D eigenvalue weighted by Gasteiger charge is -2.35. The Kier molecular flexibility index (Phi) is 8.87. The monoisotopic (exact) mass is 527 g/mol. The van der Waals surface area contributed by atoms with Gasteiger partial charge < -0.3 is 25.8 Å². The highest BCUT2D eigenvalue weighted by Gasteiger charge is 2.34. The number of rotatable bonds is 8. The van der Waals surface area contributed by atoms with Crippen LogP contribution in [-0.4, -0.2) is 76.9 Å². The van der Waals surface area contributed by atoms with Gasteiger partial charge in [0.05, 0.1) is 12.1 Å². The third kappa shape index (κ3) is 6.90. The molecule has 10 heteroatoms. The SMILES string of the molecule is CC(C)NC(=O)[C@H]1CCC[C@H]1Nc1nc(Nc2ccc(C(=O)N(C)C3CCN(C)CC3)cc2)ncc1Cl. The summed E-state index contributed by atoms with van der Waals surface area (Å²) in [5, 5.41) is 9.98. The number of carbonyl (C=O) groups excluding carboxylic acids is 2. The molecule has 2 atom stereocenters. The fraction of sp³-hybridized carbons (Fsp3) is 0.556. The van der Waals surface area contributed by atoms with Crippen molar-refractivity contribution >= 4 is 40.9 Å². The summed E-state index contributed by atoms with van der Waals surface area (Å²) in [5.74, 6) is 0.853. The second-order valence-electron chi connectivity index (χ2n) is 10.5. The van der Waals surface area contributed by atoms with Crippen LogP contribution in [0.4, 0.5) is 17.5 Å². The normalized spacial score (nSPS) is 20.6. The van der Waals surface area contributed by atoms with Crippen LogP contribution in [0.25, 0.3) is 0 Å². The van der Waals surface area contributed by atoms with Gasteiger partial charge in [-0.1, -0.05) is 18.0 Å². The molecular formula is C27H38ClN7O2. The molecule has 3 N–H and O–H groups in total. The van der Waals surface area contributed by atoms with Crippen LogP contribution in [0.3, 0.4) is 0 Å². The van der Waals surface area contributed by atoms with E-state index >= 15 is 0 Å². The van der Waals surface area contributed by atoms with Gasteiger partial charge in [-0.2, -0.15) is 4.98 Å². The molecule has 1 aromatic carbocycles. The van der Waals surface area contributed by atoms with E-state index in [0.717, 1.165) is 50.9 Å². The van der Waals surface area contributed by atoms with Gasteiger partial charge in [0.25, 0.3) is 5.91 Å². The standard InChI is InChI=1S/C27H38ClN7O2/c1-17(2)30-25(36)21-6-5-7-23(21)32-24-22(28)16-29-27(33-24)31-19-10-8-18(9-11-19)26(37)35(4)20-12-14-34(3)15-13-20/h8-11,16-17,20-21,23H,5-7,12-15H2,1-4H3,(H,30,36)(H2,29,31,32,33)/t21-,23+/m0/s1. The first kappa shape index (κ1) is 27.1. The van der Waals surface area contributed by atoms with E-state index in [0.29, 0.717) is 22.4 Å². The Balaban J connectivity index is 1.39. The van der Waals surface area contributed by atoms with E-state index in [1.165, 1.54) is 0 Å². The summed E-state index contributed by atoms with van der Waals surface area (Å²) in [6.45, 7) is 5.95. The molecule has 2 amide bonds. The third-order valence-corrected chi connectivity index (χ3v) is 7.57. The topological polar surface area (TPSA) is 102 Å². The van der Waals surface area contributed by atoms with Crippen LogP contribution in [0.15, 0.2) is 30.5 Å². The minimum Gasteiger partial charge on any atom is -0.365 e. The van der Waals surface area contributed by atoms with Gasteiger partial charge in [0.1, 0.15) is 5.02 Å². The van der Waals surface area contributed by atoms with Gasteiger partial charge in [-0.15, -0.1) is 0 Å². The molecule has 2 aromatic rings. The summed E-state index contributed by atoms with van der Waals surface area (Å²) in [4.78, 5) is 38.6. The Morgan fingerprint density at radius 3 is 2.49 bits per heavy atom. The van der Waals surface area contributed by atoms with Crippen molar-refractivity contribution in [3.8, 4) is 0 Å². The summed E-state index contributed by atoms with van der Waals surface area (Å²) in [6, 6.07) is 7.68. The van der Waals surface area contributed by atoms with Crippen molar-refractivity contribution in [2.24, 2.45) is 5.92 Å². The van der Waals surface area contributed by atoms with Gasteiger partial charge in [-0.25, -0.2) is 4.98 Å². The number of hydrogen-bond acceptors (Lipinski definition) is 7. The summed E-state index contributed by atoms with van der Waals surface area (Å²) in [5.41, 5.74) is 1.42. The number of hydrogen-bond donors (Lipinski definition) is 3. The molecule has 2 heterocycles. The maximum atomic E-state index is 13.0. The first-order valence-corrected chi connectivity index (χ1v) is 13.5. The van der Waals surface area contributed by atoms with E-state index in [1.807, 2.05) is 50.1 Å². The minimum absolute atomic E-state index is 0.0305. The van der Waals surface area contributed by atoms with Crippen LogP contribution in [-0.2, 0) is 4.79 Å². The lowest BCUT2D eigenvalue weighted by Crippen LogP contribution is -2.44. The van der Waals surface area contributed by atoms with Gasteiger partial charge in [0.2, 0.25) is 11.9 Å². The molecule has 37 heavy (non-hydrogen) atoms. The molecule has 4 rings (SSSR count). The number of carbonyl (C=O) groups is 2. The van der Waals surface area contributed by atoms with E-state index in [2.05, 4.69) is 37.9 Å². The first-order chi connectivity index (χ1) is 17.7. The molecule has 9 nitrogen and oxygen atoms in total. The molecule has 0 spiro atoms. The molecule has 1 aliphatic heterocycles. The number of aromatic nitrogens is 2. The van der Waals surface area contributed by atoms with Crippen molar-refractivity contribution in [2.75, 3.05) is 37.8 Å². The summed E-state index contributed by atoms with van der Waals surface area (Å²) in [7, 11) is 4.01. The van der Waals surface area contributed by atoms with Crippen molar-refractivity contribution in [1.82, 2.24) is 25.1 Å². The maximum absolute atomic E-state index is 13.0. The summed E-state index contributed by atoms with van der Waals surface area (Å²) in [6.07, 6.45) is 6.22. The quantitative estimate of drug-likeness (QED) is 0.474. The van der Waals surface area contributed by atoms with Crippen LogP contribution >= 0.6 is 11.6 Å². The largest absolute Gasteiger partial charge is 0.365 e. The van der Waals surface area contributed by atoms with Gasteiger partial charge in [-0.05, 0) is 83.9 Å². The Hall–Kier alpha value is -2.91. The zero-order valence-electron chi connectivity index (χ0n) is 22.1. The first-order valence-electron chi connectivity index (χ1n) is 13.1. The number of nitrogens with one attached hydrogen (secondary N) is 3. The summed E-state index contributed by atoms with van der Waals surface area (Å²) >= 11 is 6.39. The van der Waals surface area contributed by atoms with Gasteiger partial charge in [0.15, 0.2) is 5.82 Å². The molecule has 0 radical (unpaired) electrons. The van der Waals surface area contributed by atoms with E-state index in [-0.39, 0.29) is 35.9 Å². The molecule has 0 unspecified atom stereocenters. The Bertz CT molecular complexity index is 1090. The number of likely N-dealkylation sites (tertiary alicyclic amines) is 1. The summed E-state index contributed by atoms with van der Waals surface area (Å²) < 4.78 is 0. The molecule has 2 fully saturated rings. The van der Waals surface area contributed by atoms with Crippen molar-refractivity contribution in [1.29, 1.82) is 0 Å². The molecule has 1 saturated heterocycles. The van der Waals surface area contributed by atoms with Crippen LogP contribution in [0.5, 0.6) is 0 Å². The highest BCUT2D eigenvalue weighted by molar-refractivity contribution is 6.32. The van der Waals surface area contributed by atoms with Crippen LogP contribution in [0, 0.1) is 5.92 Å². The average Bonchev–Trinajstić information content (AvgIpc) is 3.34. The van der Waals surface area contributed by atoms with Gasteiger partial charge in [0, 0.05) is 36.4 Å². The molecule has 1 aliphatic carbocycles. The minimum atomic E-state index is -0.123. The van der Waals surface area contributed by atoms with Crippen molar-refractivity contribution < 1.29 is 9.59 Å². The zero-order valence-corrected chi connectivity index (χ0v) is 22.9. The molecule has 200 valence electrons. The van der Waals surface area contributed by atoms with E-state index in [1.54, 1.807) is 6.20 Å². The van der Waals surface area contributed by atoms with Gasteiger partial charge >= 0.3 is 0 Å². The number of piperidine rings is 1. The highest BCUT2D eigenvalue weighted by Crippen LogP contribution is 2.31. The predicted octanol–water partition coefficient (Wildman–Crippen LogP) is 4.15. The molecule has 2 aliphatic rings.